The summed E-state index contributed by atoms with van der Waals surface area (Å²) < 4.78 is 0. The van der Waals surface area contributed by atoms with Crippen molar-refractivity contribution in [3.8, 4) is 0 Å². The Morgan fingerprint density at radius 3 is 2.70 bits per heavy atom. The molecule has 1 heteroatoms. The molecule has 0 aromatic heterocycles. The van der Waals surface area contributed by atoms with E-state index in [0.717, 1.165) is 24.2 Å². The van der Waals surface area contributed by atoms with Crippen molar-refractivity contribution in [2.24, 2.45) is 23.7 Å². The van der Waals surface area contributed by atoms with Crippen LogP contribution in [0.3, 0.4) is 0 Å². The Balaban J connectivity index is 2.04. The predicted octanol–water partition coefficient (Wildman–Crippen LogP) is 1.62. The summed E-state index contributed by atoms with van der Waals surface area (Å²) in [6, 6.07) is 0. The molecule has 0 amide bonds. The first kappa shape index (κ1) is 5.34. The Morgan fingerprint density at radius 2 is 2.10 bits per heavy atom. The summed E-state index contributed by atoms with van der Waals surface area (Å²) in [4.78, 5) is 11.2. The van der Waals surface area contributed by atoms with Crippen LogP contribution in [0.5, 0.6) is 0 Å². The Labute approximate surface area is 60.8 Å². The molecule has 4 atom stereocenters. The number of carbonyl (C=O) groups is 1. The van der Waals surface area contributed by atoms with Gasteiger partial charge in [-0.15, -0.1) is 0 Å². The molecule has 0 spiro atoms. The lowest BCUT2D eigenvalue weighted by Gasteiger charge is -2.19. The first-order valence-electron chi connectivity index (χ1n) is 4.39. The SMILES string of the molecule is O=C1C[C@@H]2[C@H]3CC[C@@H]2[C@@H]1C3. The molecule has 3 aliphatic carbocycles. The fourth-order valence-electron chi connectivity index (χ4n) is 3.55. The maximum atomic E-state index is 11.2. The Hall–Kier alpha value is -0.330. The molecular formula is C9H12O. The van der Waals surface area contributed by atoms with Gasteiger partial charge < -0.3 is 0 Å². The summed E-state index contributed by atoms with van der Waals surface area (Å²) >= 11 is 0. The maximum Gasteiger partial charge on any atom is 0.136 e. The molecule has 3 rings (SSSR count). The standard InChI is InChI=1S/C9H12O/c10-9-4-7-5-1-2-6(7)8(9)3-5/h5-8H,1-4H2/t5-,6-,7+,8-/m0/s1. The molecule has 0 aliphatic heterocycles. The highest BCUT2D eigenvalue weighted by atomic mass is 16.1. The molecule has 1 nitrogen and oxygen atoms in total. The van der Waals surface area contributed by atoms with Gasteiger partial charge in [-0.25, -0.2) is 0 Å². The van der Waals surface area contributed by atoms with E-state index in [1.54, 1.807) is 0 Å². The summed E-state index contributed by atoms with van der Waals surface area (Å²) in [5.41, 5.74) is 0. The van der Waals surface area contributed by atoms with Crippen LogP contribution < -0.4 is 0 Å². The lowest BCUT2D eigenvalue weighted by molar-refractivity contribution is -0.123. The first-order valence-corrected chi connectivity index (χ1v) is 4.39. The largest absolute Gasteiger partial charge is 0.299 e. The molecule has 0 radical (unpaired) electrons. The van der Waals surface area contributed by atoms with Crippen molar-refractivity contribution in [1.82, 2.24) is 0 Å². The maximum absolute atomic E-state index is 11.2. The van der Waals surface area contributed by atoms with Crippen molar-refractivity contribution in [3.05, 3.63) is 0 Å². The van der Waals surface area contributed by atoms with Crippen LogP contribution in [0, 0.1) is 23.7 Å². The second-order valence-corrected chi connectivity index (χ2v) is 4.18. The van der Waals surface area contributed by atoms with E-state index in [1.165, 1.54) is 19.3 Å². The minimum atomic E-state index is 0.531. The first-order chi connectivity index (χ1) is 4.86. The lowest BCUT2D eigenvalue weighted by atomic mass is 9.85. The van der Waals surface area contributed by atoms with Gasteiger partial charge in [0.1, 0.15) is 5.78 Å². The Morgan fingerprint density at radius 1 is 1.20 bits per heavy atom. The van der Waals surface area contributed by atoms with Gasteiger partial charge in [0.25, 0.3) is 0 Å². The van der Waals surface area contributed by atoms with E-state index >= 15 is 0 Å². The summed E-state index contributed by atoms with van der Waals surface area (Å²) in [6.45, 7) is 0. The zero-order valence-corrected chi connectivity index (χ0v) is 6.05. The van der Waals surface area contributed by atoms with E-state index in [4.69, 9.17) is 0 Å². The Bertz CT molecular complexity index is 197. The van der Waals surface area contributed by atoms with Gasteiger partial charge in [-0.2, -0.15) is 0 Å². The summed E-state index contributed by atoms with van der Waals surface area (Å²) in [5.74, 6) is 3.78. The molecule has 0 saturated heterocycles. The van der Waals surface area contributed by atoms with E-state index in [-0.39, 0.29) is 0 Å². The van der Waals surface area contributed by atoms with E-state index < -0.39 is 0 Å². The predicted molar refractivity (Wildman–Crippen MR) is 37.4 cm³/mol. The van der Waals surface area contributed by atoms with Crippen molar-refractivity contribution in [3.63, 3.8) is 0 Å². The highest BCUT2D eigenvalue weighted by Gasteiger charge is 2.55. The van der Waals surface area contributed by atoms with Gasteiger partial charge in [0.2, 0.25) is 0 Å². The minimum Gasteiger partial charge on any atom is -0.299 e. The molecule has 4 bridgehead atoms. The second kappa shape index (κ2) is 1.46. The number of Topliss-reactive ketones (excluding diaryl/α,β-unsaturated/α-hetero) is 1. The van der Waals surface area contributed by atoms with E-state index in [0.29, 0.717) is 11.7 Å². The van der Waals surface area contributed by atoms with Crippen molar-refractivity contribution < 1.29 is 4.79 Å². The van der Waals surface area contributed by atoms with Crippen molar-refractivity contribution in [2.75, 3.05) is 0 Å². The molecule has 0 unspecified atom stereocenters. The van der Waals surface area contributed by atoms with E-state index in [2.05, 4.69) is 0 Å². The van der Waals surface area contributed by atoms with Gasteiger partial charge in [-0.1, -0.05) is 0 Å². The van der Waals surface area contributed by atoms with Crippen LogP contribution in [0.15, 0.2) is 0 Å². The third-order valence-electron chi connectivity index (χ3n) is 3.95. The van der Waals surface area contributed by atoms with Crippen LogP contribution in [0.25, 0.3) is 0 Å². The Kier molecular flexibility index (Phi) is 0.781. The quantitative estimate of drug-likeness (QED) is 0.494. The third-order valence-corrected chi connectivity index (χ3v) is 3.95. The lowest BCUT2D eigenvalue weighted by Crippen LogP contribution is -2.18. The van der Waals surface area contributed by atoms with Gasteiger partial charge in [0, 0.05) is 12.3 Å². The fourth-order valence-corrected chi connectivity index (χ4v) is 3.55. The molecule has 0 aromatic rings. The van der Waals surface area contributed by atoms with Gasteiger partial charge in [0.05, 0.1) is 0 Å². The summed E-state index contributed by atoms with van der Waals surface area (Å²) in [6.07, 6.45) is 5.00. The summed E-state index contributed by atoms with van der Waals surface area (Å²) in [5, 5.41) is 0. The van der Waals surface area contributed by atoms with Crippen LogP contribution in [0.4, 0.5) is 0 Å². The van der Waals surface area contributed by atoms with Crippen LogP contribution in [0.2, 0.25) is 0 Å². The van der Waals surface area contributed by atoms with Gasteiger partial charge in [-0.3, -0.25) is 4.79 Å². The highest BCUT2D eigenvalue weighted by Crippen LogP contribution is 2.59. The van der Waals surface area contributed by atoms with Gasteiger partial charge in [0.15, 0.2) is 0 Å². The zero-order valence-electron chi connectivity index (χ0n) is 6.05. The fraction of sp³-hybridized carbons (Fsp3) is 0.889. The van der Waals surface area contributed by atoms with E-state index in [9.17, 15) is 4.79 Å². The van der Waals surface area contributed by atoms with Gasteiger partial charge in [-0.05, 0) is 37.0 Å². The molecule has 0 heterocycles. The molecule has 0 N–H and O–H groups in total. The molecule has 10 heavy (non-hydrogen) atoms. The number of hydrogen-bond donors (Lipinski definition) is 0. The average molecular weight is 136 g/mol. The number of ketones is 1. The second-order valence-electron chi connectivity index (χ2n) is 4.18. The average Bonchev–Trinajstić information content (AvgIpc) is 2.53. The number of carbonyl (C=O) groups excluding carboxylic acids is 1. The monoisotopic (exact) mass is 136 g/mol. The minimum absolute atomic E-state index is 0.531. The summed E-state index contributed by atoms with van der Waals surface area (Å²) in [7, 11) is 0. The molecule has 54 valence electrons. The van der Waals surface area contributed by atoms with Crippen LogP contribution in [-0.2, 0) is 4.79 Å². The zero-order chi connectivity index (χ0) is 6.72. The molecule has 3 fully saturated rings. The highest BCUT2D eigenvalue weighted by molar-refractivity contribution is 5.85. The van der Waals surface area contributed by atoms with Crippen LogP contribution in [0.1, 0.15) is 25.7 Å². The van der Waals surface area contributed by atoms with Crippen LogP contribution >= 0.6 is 0 Å². The van der Waals surface area contributed by atoms with Crippen molar-refractivity contribution in [1.29, 1.82) is 0 Å². The third kappa shape index (κ3) is 0.415. The smallest absolute Gasteiger partial charge is 0.136 e. The molecular weight excluding hydrogens is 124 g/mol. The van der Waals surface area contributed by atoms with E-state index in [1.807, 2.05) is 0 Å². The van der Waals surface area contributed by atoms with Crippen LogP contribution in [-0.4, -0.2) is 5.78 Å². The van der Waals surface area contributed by atoms with Crippen molar-refractivity contribution >= 4 is 5.78 Å². The van der Waals surface area contributed by atoms with Gasteiger partial charge >= 0.3 is 0 Å². The molecule has 0 aromatic carbocycles. The number of rotatable bonds is 0. The topological polar surface area (TPSA) is 17.1 Å². The number of hydrogen-bond acceptors (Lipinski definition) is 1. The van der Waals surface area contributed by atoms with Crippen molar-refractivity contribution in [2.45, 2.75) is 25.7 Å². The normalized spacial score (nSPS) is 56.6. The molecule has 3 saturated carbocycles. The molecule has 3 aliphatic rings.